The van der Waals surface area contributed by atoms with Crippen LogP contribution in [0.4, 0.5) is 0 Å². The molecule has 174 valence electrons. The lowest BCUT2D eigenvalue weighted by atomic mass is 10.0. The number of amides is 1. The lowest BCUT2D eigenvalue weighted by molar-refractivity contribution is 0.0421. The number of hydrogen-bond acceptors (Lipinski definition) is 7. The number of hydrogen-bond donors (Lipinski definition) is 1. The summed E-state index contributed by atoms with van der Waals surface area (Å²) in [4.78, 5) is 27.8. The zero-order valence-electron chi connectivity index (χ0n) is 19.2. The minimum absolute atomic E-state index is 0.0244. The summed E-state index contributed by atoms with van der Waals surface area (Å²) in [6.45, 7) is 6.82. The fraction of sp³-hybridized carbons (Fsp3) is 0.417. The van der Waals surface area contributed by atoms with Crippen LogP contribution < -0.4 is 5.43 Å². The molecule has 0 radical (unpaired) electrons. The summed E-state index contributed by atoms with van der Waals surface area (Å²) in [5, 5.41) is 20.4. The van der Waals surface area contributed by atoms with Crippen LogP contribution in [0, 0.1) is 6.92 Å². The first-order chi connectivity index (χ1) is 15.8. The highest BCUT2D eigenvalue weighted by molar-refractivity contribution is 7.14. The summed E-state index contributed by atoms with van der Waals surface area (Å²) in [6.07, 6.45) is 2.86. The Morgan fingerprint density at radius 1 is 1.24 bits per heavy atom. The Labute approximate surface area is 196 Å². The van der Waals surface area contributed by atoms with E-state index in [1.165, 1.54) is 16.9 Å². The van der Waals surface area contributed by atoms with E-state index in [1.54, 1.807) is 22.8 Å². The molecule has 0 spiro atoms. The molecule has 0 saturated carbocycles. The zero-order chi connectivity index (χ0) is 23.7. The maximum atomic E-state index is 13.1. The molecule has 33 heavy (non-hydrogen) atoms. The highest BCUT2D eigenvalue weighted by Gasteiger charge is 2.35. The fourth-order valence-corrected chi connectivity index (χ4v) is 5.08. The topological polar surface area (TPSA) is 97.5 Å². The summed E-state index contributed by atoms with van der Waals surface area (Å²) in [7, 11) is 1.64. The van der Waals surface area contributed by atoms with E-state index in [-0.39, 0.29) is 29.3 Å². The number of carbonyl (C=O) groups is 1. The van der Waals surface area contributed by atoms with Crippen LogP contribution in [-0.4, -0.2) is 56.5 Å². The summed E-state index contributed by atoms with van der Waals surface area (Å²) in [5.74, 6) is -0.889. The van der Waals surface area contributed by atoms with Crippen LogP contribution >= 0.6 is 11.3 Å². The SMILES string of the molecule is CCN1C(=O)c2c(O)c(=O)c(-c3nnc(Cc4ccc(C)cc4)s3)cn2C[C@@H]1C[C@H](C)OC. The number of fused-ring (bicyclic) bond motifs is 1. The van der Waals surface area contributed by atoms with E-state index in [4.69, 9.17) is 4.74 Å². The fourth-order valence-electron chi connectivity index (χ4n) is 4.20. The van der Waals surface area contributed by atoms with Crippen molar-refractivity contribution in [2.24, 2.45) is 0 Å². The third kappa shape index (κ3) is 4.56. The first-order valence-corrected chi connectivity index (χ1v) is 11.8. The van der Waals surface area contributed by atoms with Gasteiger partial charge in [0.2, 0.25) is 5.43 Å². The van der Waals surface area contributed by atoms with Gasteiger partial charge in [0.05, 0.1) is 17.7 Å². The van der Waals surface area contributed by atoms with Gasteiger partial charge >= 0.3 is 0 Å². The van der Waals surface area contributed by atoms with Gasteiger partial charge in [0, 0.05) is 32.8 Å². The van der Waals surface area contributed by atoms with E-state index in [0.29, 0.717) is 30.9 Å². The molecule has 0 aliphatic carbocycles. The number of aryl methyl sites for hydroxylation is 1. The van der Waals surface area contributed by atoms with Gasteiger partial charge in [-0.15, -0.1) is 10.2 Å². The standard InChI is InChI=1S/C24H28N4O4S/c1-5-28-17(10-15(3)32-4)12-27-13-18(21(29)22(30)20(27)24(28)31)23-26-25-19(33-23)11-16-8-6-14(2)7-9-16/h6-9,13,15,17,30H,5,10-12H2,1-4H3/t15-,17-/m0/s1. The van der Waals surface area contributed by atoms with Gasteiger partial charge in [-0.2, -0.15) is 0 Å². The third-order valence-electron chi connectivity index (χ3n) is 6.09. The molecule has 3 aromatic rings. The maximum Gasteiger partial charge on any atom is 0.274 e. The predicted molar refractivity (Wildman–Crippen MR) is 127 cm³/mol. The number of nitrogens with zero attached hydrogens (tertiary/aromatic N) is 4. The smallest absolute Gasteiger partial charge is 0.274 e. The number of aromatic nitrogens is 3. The van der Waals surface area contributed by atoms with Crippen LogP contribution in [0.25, 0.3) is 10.6 Å². The average Bonchev–Trinajstić information content (AvgIpc) is 3.25. The number of rotatable bonds is 7. The molecule has 2 aromatic heterocycles. The van der Waals surface area contributed by atoms with Gasteiger partial charge in [0.25, 0.3) is 5.91 Å². The molecule has 8 nitrogen and oxygen atoms in total. The van der Waals surface area contributed by atoms with Gasteiger partial charge in [0.15, 0.2) is 16.5 Å². The zero-order valence-corrected chi connectivity index (χ0v) is 20.1. The van der Waals surface area contributed by atoms with Crippen LogP contribution in [0.15, 0.2) is 35.3 Å². The Hall–Kier alpha value is -3.04. The van der Waals surface area contributed by atoms with E-state index in [0.717, 1.165) is 10.6 Å². The van der Waals surface area contributed by atoms with E-state index >= 15 is 0 Å². The largest absolute Gasteiger partial charge is 0.503 e. The number of pyridine rings is 1. The van der Waals surface area contributed by atoms with Crippen LogP contribution in [0.1, 0.15) is 46.9 Å². The number of aromatic hydroxyl groups is 1. The molecule has 1 aromatic carbocycles. The van der Waals surface area contributed by atoms with Gasteiger partial charge in [-0.05, 0) is 32.8 Å². The van der Waals surface area contributed by atoms with Crippen molar-refractivity contribution in [3.05, 3.63) is 62.5 Å². The Balaban J connectivity index is 1.68. The molecule has 1 aliphatic rings. The second kappa shape index (κ2) is 9.44. The van der Waals surface area contributed by atoms with Gasteiger partial charge in [-0.1, -0.05) is 41.2 Å². The molecule has 0 bridgehead atoms. The molecule has 1 aliphatic heterocycles. The van der Waals surface area contributed by atoms with Crippen molar-refractivity contribution < 1.29 is 14.6 Å². The van der Waals surface area contributed by atoms with Crippen LogP contribution in [-0.2, 0) is 17.7 Å². The Morgan fingerprint density at radius 2 is 1.97 bits per heavy atom. The van der Waals surface area contributed by atoms with Crippen LogP contribution in [0.3, 0.4) is 0 Å². The minimum Gasteiger partial charge on any atom is -0.503 e. The third-order valence-corrected chi connectivity index (χ3v) is 7.04. The second-order valence-electron chi connectivity index (χ2n) is 8.41. The van der Waals surface area contributed by atoms with Gasteiger partial charge < -0.3 is 19.3 Å². The van der Waals surface area contributed by atoms with E-state index in [2.05, 4.69) is 10.2 Å². The minimum atomic E-state index is -0.604. The molecule has 1 amide bonds. The number of carbonyl (C=O) groups excluding carboxylic acids is 1. The van der Waals surface area contributed by atoms with Crippen molar-refractivity contribution >= 4 is 17.2 Å². The molecule has 2 atom stereocenters. The lowest BCUT2D eigenvalue weighted by Gasteiger charge is -2.38. The molecule has 4 rings (SSSR count). The van der Waals surface area contributed by atoms with Crippen molar-refractivity contribution in [2.45, 2.75) is 52.3 Å². The molecule has 0 saturated heterocycles. The maximum absolute atomic E-state index is 13.1. The molecule has 1 N–H and O–H groups in total. The number of likely N-dealkylation sites (N-methyl/N-ethyl adjacent to an activating group) is 1. The summed E-state index contributed by atoms with van der Waals surface area (Å²) >= 11 is 1.32. The molecule has 0 fully saturated rings. The van der Waals surface area contributed by atoms with Crippen LogP contribution in [0.5, 0.6) is 5.75 Å². The van der Waals surface area contributed by atoms with Crippen molar-refractivity contribution in [1.82, 2.24) is 19.7 Å². The summed E-state index contributed by atoms with van der Waals surface area (Å²) in [5.41, 5.74) is 1.96. The van der Waals surface area contributed by atoms with E-state index in [9.17, 15) is 14.7 Å². The Kier molecular flexibility index (Phi) is 6.62. The van der Waals surface area contributed by atoms with Crippen molar-refractivity contribution in [3.63, 3.8) is 0 Å². The monoisotopic (exact) mass is 468 g/mol. The predicted octanol–water partition coefficient (Wildman–Crippen LogP) is 3.24. The Bertz CT molecular complexity index is 1220. The Morgan fingerprint density at radius 3 is 2.64 bits per heavy atom. The lowest BCUT2D eigenvalue weighted by Crippen LogP contribution is -2.50. The highest BCUT2D eigenvalue weighted by atomic mass is 32.1. The molecular formula is C24H28N4O4S. The van der Waals surface area contributed by atoms with Gasteiger partial charge in [-0.3, -0.25) is 9.59 Å². The molecule has 3 heterocycles. The number of ether oxygens (including phenoxy) is 1. The van der Waals surface area contributed by atoms with Gasteiger partial charge in [0.1, 0.15) is 5.01 Å². The number of methoxy groups -OCH3 is 1. The van der Waals surface area contributed by atoms with Crippen molar-refractivity contribution in [2.75, 3.05) is 13.7 Å². The van der Waals surface area contributed by atoms with Crippen LogP contribution in [0.2, 0.25) is 0 Å². The molecule has 0 unspecified atom stereocenters. The average molecular weight is 469 g/mol. The van der Waals surface area contributed by atoms with Crippen molar-refractivity contribution in [1.29, 1.82) is 0 Å². The molecule has 9 heteroatoms. The summed E-state index contributed by atoms with van der Waals surface area (Å²) < 4.78 is 7.07. The van der Waals surface area contributed by atoms with Gasteiger partial charge in [-0.25, -0.2) is 0 Å². The molecular weight excluding hydrogens is 440 g/mol. The van der Waals surface area contributed by atoms with Crippen molar-refractivity contribution in [3.8, 4) is 16.3 Å². The first kappa shape index (κ1) is 23.1. The number of benzene rings is 1. The van der Waals surface area contributed by atoms with E-state index in [1.807, 2.05) is 45.0 Å². The second-order valence-corrected chi connectivity index (χ2v) is 9.47. The van der Waals surface area contributed by atoms with E-state index < -0.39 is 11.2 Å². The normalized spacial score (nSPS) is 16.7. The first-order valence-electron chi connectivity index (χ1n) is 11.0. The quantitative estimate of drug-likeness (QED) is 0.572. The summed E-state index contributed by atoms with van der Waals surface area (Å²) in [6, 6.07) is 8.07. The highest BCUT2D eigenvalue weighted by Crippen LogP contribution is 2.30.